The minimum absolute atomic E-state index is 0.120. The summed E-state index contributed by atoms with van der Waals surface area (Å²) in [5.74, 6) is -0.684. The Bertz CT molecular complexity index is 933. The van der Waals surface area contributed by atoms with E-state index in [9.17, 15) is 9.59 Å². The van der Waals surface area contributed by atoms with Crippen LogP contribution >= 0.6 is 0 Å². The molecule has 1 aliphatic rings. The van der Waals surface area contributed by atoms with Crippen LogP contribution in [0.1, 0.15) is 23.5 Å². The molecule has 26 heavy (non-hydrogen) atoms. The van der Waals surface area contributed by atoms with Crippen molar-refractivity contribution in [3.63, 3.8) is 0 Å². The number of benzene rings is 2. The first-order chi connectivity index (χ1) is 12.7. The van der Waals surface area contributed by atoms with Gasteiger partial charge in [-0.1, -0.05) is 30.3 Å². The Morgan fingerprint density at radius 3 is 2.69 bits per heavy atom. The van der Waals surface area contributed by atoms with E-state index in [1.165, 1.54) is 0 Å². The van der Waals surface area contributed by atoms with Crippen molar-refractivity contribution in [2.75, 3.05) is 5.32 Å². The number of carbonyl (C=O) groups excluding carboxylic acids is 2. The average Bonchev–Trinajstić information content (AvgIpc) is 3.29. The number of nitrogens with zero attached hydrogens (tertiary/aromatic N) is 2. The number of hydrogen-bond donors (Lipinski definition) is 2. The lowest BCUT2D eigenvalue weighted by Crippen LogP contribution is -2.26. The van der Waals surface area contributed by atoms with Gasteiger partial charge in [0, 0.05) is 31.0 Å². The van der Waals surface area contributed by atoms with Gasteiger partial charge in [-0.2, -0.15) is 5.10 Å². The first kappa shape index (κ1) is 16.1. The molecule has 2 amide bonds. The lowest BCUT2D eigenvalue weighted by atomic mass is 9.97. The highest BCUT2D eigenvalue weighted by Gasteiger charge is 2.31. The summed E-state index contributed by atoms with van der Waals surface area (Å²) in [6, 6.07) is 17.2. The van der Waals surface area contributed by atoms with Crippen molar-refractivity contribution in [2.45, 2.75) is 18.9 Å². The molecule has 0 saturated heterocycles. The Labute approximate surface area is 150 Å². The molecule has 6 nitrogen and oxygen atoms in total. The predicted molar refractivity (Wildman–Crippen MR) is 97.8 cm³/mol. The molecule has 1 aliphatic heterocycles. The zero-order valence-electron chi connectivity index (χ0n) is 14.1. The third kappa shape index (κ3) is 3.21. The minimum atomic E-state index is -0.423. The molecule has 0 saturated carbocycles. The molecule has 1 atom stereocenters. The Morgan fingerprint density at radius 1 is 1.12 bits per heavy atom. The number of hydrogen-bond acceptors (Lipinski definition) is 3. The second-order valence-electron chi connectivity index (χ2n) is 6.23. The van der Waals surface area contributed by atoms with Gasteiger partial charge in [0.2, 0.25) is 11.8 Å². The van der Waals surface area contributed by atoms with E-state index in [0.29, 0.717) is 6.54 Å². The molecule has 0 fully saturated rings. The molecule has 0 unspecified atom stereocenters. The van der Waals surface area contributed by atoms with Gasteiger partial charge in [-0.15, -0.1) is 0 Å². The fourth-order valence-electron chi connectivity index (χ4n) is 3.12. The van der Waals surface area contributed by atoms with Gasteiger partial charge in [-0.05, 0) is 35.4 Å². The van der Waals surface area contributed by atoms with E-state index >= 15 is 0 Å². The SMILES string of the molecule is O=C(C[C@@H]1C(=O)Nc2ccccc21)NCc1ccc(-n2cccn2)cc1. The van der Waals surface area contributed by atoms with Crippen LogP contribution in [0, 0.1) is 0 Å². The number of nitrogens with one attached hydrogen (secondary N) is 2. The van der Waals surface area contributed by atoms with Crippen LogP contribution < -0.4 is 10.6 Å². The highest BCUT2D eigenvalue weighted by Crippen LogP contribution is 2.34. The molecule has 2 aromatic carbocycles. The average molecular weight is 346 g/mol. The molecule has 3 aromatic rings. The van der Waals surface area contributed by atoms with Crippen LogP contribution in [-0.2, 0) is 16.1 Å². The van der Waals surface area contributed by atoms with Gasteiger partial charge in [0.1, 0.15) is 0 Å². The van der Waals surface area contributed by atoms with Crippen molar-refractivity contribution in [1.82, 2.24) is 15.1 Å². The molecule has 0 bridgehead atoms. The Kier molecular flexibility index (Phi) is 4.23. The highest BCUT2D eigenvalue weighted by atomic mass is 16.2. The van der Waals surface area contributed by atoms with Crippen LogP contribution in [0.25, 0.3) is 5.69 Å². The van der Waals surface area contributed by atoms with Crippen molar-refractivity contribution in [3.05, 3.63) is 78.1 Å². The fourth-order valence-corrected chi connectivity index (χ4v) is 3.12. The smallest absolute Gasteiger partial charge is 0.232 e. The van der Waals surface area contributed by atoms with E-state index in [1.807, 2.05) is 60.8 Å². The van der Waals surface area contributed by atoms with E-state index < -0.39 is 5.92 Å². The lowest BCUT2D eigenvalue weighted by Gasteiger charge is -2.10. The summed E-state index contributed by atoms with van der Waals surface area (Å²) in [6.45, 7) is 0.425. The van der Waals surface area contributed by atoms with Crippen LogP contribution in [0.3, 0.4) is 0 Å². The summed E-state index contributed by atoms with van der Waals surface area (Å²) in [7, 11) is 0. The molecule has 0 spiro atoms. The second kappa shape index (κ2) is 6.84. The number of fused-ring (bicyclic) bond motifs is 1. The standard InChI is InChI=1S/C20H18N4O2/c25-19(12-17-16-4-1-2-5-18(16)23-20(17)26)21-13-14-6-8-15(9-7-14)24-11-3-10-22-24/h1-11,17H,12-13H2,(H,21,25)(H,23,26)/t17-/m0/s1. The minimum Gasteiger partial charge on any atom is -0.352 e. The molecule has 6 heteroatoms. The van der Waals surface area contributed by atoms with E-state index in [4.69, 9.17) is 0 Å². The number of para-hydroxylation sites is 1. The van der Waals surface area contributed by atoms with Gasteiger partial charge in [-0.25, -0.2) is 4.68 Å². The van der Waals surface area contributed by atoms with E-state index in [2.05, 4.69) is 15.7 Å². The van der Waals surface area contributed by atoms with E-state index in [0.717, 1.165) is 22.5 Å². The maximum Gasteiger partial charge on any atom is 0.232 e. The van der Waals surface area contributed by atoms with Gasteiger partial charge in [0.15, 0.2) is 0 Å². The van der Waals surface area contributed by atoms with Crippen molar-refractivity contribution < 1.29 is 9.59 Å². The third-order valence-corrected chi connectivity index (χ3v) is 4.50. The van der Waals surface area contributed by atoms with Crippen LogP contribution in [0.5, 0.6) is 0 Å². The first-order valence-electron chi connectivity index (χ1n) is 8.46. The molecule has 130 valence electrons. The first-order valence-corrected chi connectivity index (χ1v) is 8.46. The normalized spacial score (nSPS) is 15.4. The molecule has 2 N–H and O–H groups in total. The largest absolute Gasteiger partial charge is 0.352 e. The van der Waals surface area contributed by atoms with Gasteiger partial charge in [0.25, 0.3) is 0 Å². The monoisotopic (exact) mass is 346 g/mol. The second-order valence-corrected chi connectivity index (χ2v) is 6.23. The Balaban J connectivity index is 1.35. The fraction of sp³-hybridized carbons (Fsp3) is 0.150. The lowest BCUT2D eigenvalue weighted by molar-refractivity contribution is -0.125. The van der Waals surface area contributed by atoms with Crippen molar-refractivity contribution in [2.24, 2.45) is 0 Å². The summed E-state index contributed by atoms with van der Waals surface area (Å²) in [5.41, 5.74) is 3.63. The van der Waals surface area contributed by atoms with Crippen molar-refractivity contribution in [1.29, 1.82) is 0 Å². The van der Waals surface area contributed by atoms with Crippen LogP contribution in [0.4, 0.5) is 5.69 Å². The molecular formula is C20H18N4O2. The molecule has 2 heterocycles. The maximum atomic E-state index is 12.3. The number of rotatable bonds is 5. The molecule has 4 rings (SSSR count). The number of aromatic nitrogens is 2. The van der Waals surface area contributed by atoms with Crippen LogP contribution in [0.2, 0.25) is 0 Å². The highest BCUT2D eigenvalue weighted by molar-refractivity contribution is 6.04. The topological polar surface area (TPSA) is 76.0 Å². The summed E-state index contributed by atoms with van der Waals surface area (Å²) in [5, 5.41) is 9.89. The van der Waals surface area contributed by atoms with Crippen LogP contribution in [0.15, 0.2) is 67.0 Å². The predicted octanol–water partition coefficient (Wildman–Crippen LogP) is 2.61. The quantitative estimate of drug-likeness (QED) is 0.746. The number of amides is 2. The summed E-state index contributed by atoms with van der Waals surface area (Å²) < 4.78 is 1.78. The Hall–Kier alpha value is -3.41. The van der Waals surface area contributed by atoms with Crippen molar-refractivity contribution in [3.8, 4) is 5.69 Å². The van der Waals surface area contributed by atoms with E-state index in [1.54, 1.807) is 10.9 Å². The molecule has 0 radical (unpaired) electrons. The number of anilines is 1. The molecule has 1 aromatic heterocycles. The molecular weight excluding hydrogens is 328 g/mol. The Morgan fingerprint density at radius 2 is 1.92 bits per heavy atom. The zero-order valence-corrected chi connectivity index (χ0v) is 14.1. The maximum absolute atomic E-state index is 12.3. The third-order valence-electron chi connectivity index (χ3n) is 4.50. The summed E-state index contributed by atoms with van der Waals surface area (Å²) in [4.78, 5) is 24.4. The van der Waals surface area contributed by atoms with Crippen molar-refractivity contribution >= 4 is 17.5 Å². The summed E-state index contributed by atoms with van der Waals surface area (Å²) >= 11 is 0. The van der Waals surface area contributed by atoms with Gasteiger partial charge < -0.3 is 10.6 Å². The van der Waals surface area contributed by atoms with Crippen LogP contribution in [-0.4, -0.2) is 21.6 Å². The van der Waals surface area contributed by atoms with Gasteiger partial charge in [0.05, 0.1) is 11.6 Å². The zero-order chi connectivity index (χ0) is 17.9. The van der Waals surface area contributed by atoms with Gasteiger partial charge >= 0.3 is 0 Å². The van der Waals surface area contributed by atoms with Gasteiger partial charge in [-0.3, -0.25) is 9.59 Å². The summed E-state index contributed by atoms with van der Waals surface area (Å²) in [6.07, 6.45) is 3.75. The number of carbonyl (C=O) groups is 2. The molecule has 0 aliphatic carbocycles. The van der Waals surface area contributed by atoms with E-state index in [-0.39, 0.29) is 18.2 Å².